The number of hydrogen-bond acceptors (Lipinski definition) is 6. The highest BCUT2D eigenvalue weighted by Crippen LogP contribution is 2.27. The van der Waals surface area contributed by atoms with Gasteiger partial charge in [-0.1, -0.05) is 12.1 Å². The second-order valence-electron chi connectivity index (χ2n) is 5.57. The summed E-state index contributed by atoms with van der Waals surface area (Å²) in [6.45, 7) is 0.326. The van der Waals surface area contributed by atoms with E-state index in [1.165, 1.54) is 0 Å². The molecule has 8 heteroatoms. The van der Waals surface area contributed by atoms with Gasteiger partial charge < -0.3 is 9.15 Å². The summed E-state index contributed by atoms with van der Waals surface area (Å²) in [5.41, 5.74) is 0.772. The van der Waals surface area contributed by atoms with Crippen molar-refractivity contribution >= 4 is 43.1 Å². The van der Waals surface area contributed by atoms with E-state index in [1.807, 2.05) is 47.8 Å². The van der Waals surface area contributed by atoms with Crippen LogP contribution in [0, 0.1) is 0 Å². The van der Waals surface area contributed by atoms with E-state index in [0.717, 1.165) is 26.1 Å². The lowest BCUT2D eigenvalue weighted by molar-refractivity contribution is 0.270. The van der Waals surface area contributed by atoms with E-state index in [4.69, 9.17) is 9.15 Å². The summed E-state index contributed by atoms with van der Waals surface area (Å²) in [4.78, 5) is 9.93. The number of benzene rings is 1. The molecule has 0 atom stereocenters. The van der Waals surface area contributed by atoms with Crippen LogP contribution in [-0.4, -0.2) is 19.6 Å². The molecule has 0 bridgehead atoms. The number of fused-ring (bicyclic) bond motifs is 3. The van der Waals surface area contributed by atoms with Gasteiger partial charge in [0.15, 0.2) is 11.4 Å². The van der Waals surface area contributed by atoms with Crippen LogP contribution in [0.4, 0.5) is 0 Å². The maximum Gasteiger partial charge on any atom is 0.217 e. The molecular formula is C18H11BrN4O2S. The molecule has 0 fully saturated rings. The first-order valence-corrected chi connectivity index (χ1v) is 9.50. The number of ether oxygens (including phenoxy) is 1. The Labute approximate surface area is 160 Å². The Morgan fingerprint density at radius 3 is 3.00 bits per heavy atom. The number of rotatable bonds is 4. The largest absolute Gasteiger partial charge is 0.484 e. The van der Waals surface area contributed by atoms with Gasteiger partial charge in [-0.3, -0.25) is 0 Å². The smallest absolute Gasteiger partial charge is 0.217 e. The molecule has 0 radical (unpaired) electrons. The van der Waals surface area contributed by atoms with Gasteiger partial charge in [0.1, 0.15) is 29.3 Å². The van der Waals surface area contributed by atoms with Crippen molar-refractivity contribution in [1.82, 2.24) is 19.6 Å². The SMILES string of the molecule is Brc1ccccc1OCc1ccc(-c2nc3c4ccsc4ncn3n2)o1. The molecule has 0 N–H and O–H groups in total. The van der Waals surface area contributed by atoms with Crippen LogP contribution in [-0.2, 0) is 6.61 Å². The molecule has 0 saturated carbocycles. The predicted molar refractivity (Wildman–Crippen MR) is 102 cm³/mol. The average Bonchev–Trinajstić information content (AvgIpc) is 3.38. The van der Waals surface area contributed by atoms with E-state index >= 15 is 0 Å². The van der Waals surface area contributed by atoms with Crippen molar-refractivity contribution in [3.8, 4) is 17.3 Å². The van der Waals surface area contributed by atoms with Crippen molar-refractivity contribution < 1.29 is 9.15 Å². The minimum Gasteiger partial charge on any atom is -0.484 e. The van der Waals surface area contributed by atoms with Gasteiger partial charge in [-0.05, 0) is 51.6 Å². The Morgan fingerprint density at radius 1 is 1.15 bits per heavy atom. The predicted octanol–water partition coefficient (Wildman–Crippen LogP) is 4.94. The molecule has 0 aliphatic heterocycles. The van der Waals surface area contributed by atoms with Crippen LogP contribution in [0.25, 0.3) is 27.4 Å². The second-order valence-corrected chi connectivity index (χ2v) is 7.32. The quantitative estimate of drug-likeness (QED) is 0.407. The standard InChI is InChI=1S/C18H11BrN4O2S/c19-13-3-1-2-4-14(13)24-9-11-5-6-15(25-11)16-21-17-12-7-8-26-18(12)20-10-23(17)22-16/h1-8,10H,9H2. The zero-order valence-corrected chi connectivity index (χ0v) is 15.7. The van der Waals surface area contributed by atoms with Gasteiger partial charge in [-0.25, -0.2) is 14.5 Å². The van der Waals surface area contributed by atoms with Crippen molar-refractivity contribution in [2.75, 3.05) is 0 Å². The molecule has 0 amide bonds. The molecule has 6 nitrogen and oxygen atoms in total. The van der Waals surface area contributed by atoms with Crippen molar-refractivity contribution in [2.45, 2.75) is 6.61 Å². The first-order valence-electron chi connectivity index (χ1n) is 7.83. The summed E-state index contributed by atoms with van der Waals surface area (Å²) >= 11 is 5.05. The van der Waals surface area contributed by atoms with Crippen LogP contribution in [0.3, 0.4) is 0 Å². The fourth-order valence-electron chi connectivity index (χ4n) is 2.66. The molecule has 1 aromatic carbocycles. The normalized spacial score (nSPS) is 11.4. The maximum atomic E-state index is 5.86. The van der Waals surface area contributed by atoms with Gasteiger partial charge in [0, 0.05) is 0 Å². The van der Waals surface area contributed by atoms with Gasteiger partial charge in [-0.15, -0.1) is 16.4 Å². The lowest BCUT2D eigenvalue weighted by Gasteiger charge is -2.05. The van der Waals surface area contributed by atoms with Gasteiger partial charge in [0.2, 0.25) is 5.82 Å². The molecule has 5 rings (SSSR count). The number of nitrogens with zero attached hydrogens (tertiary/aromatic N) is 4. The number of halogens is 1. The van der Waals surface area contributed by atoms with E-state index in [0.29, 0.717) is 24.0 Å². The number of aromatic nitrogens is 4. The first-order chi connectivity index (χ1) is 12.8. The van der Waals surface area contributed by atoms with Crippen molar-refractivity contribution in [3.05, 3.63) is 64.4 Å². The van der Waals surface area contributed by atoms with Gasteiger partial charge in [0.05, 0.1) is 9.86 Å². The molecule has 5 aromatic rings. The van der Waals surface area contributed by atoms with Gasteiger partial charge in [-0.2, -0.15) is 0 Å². The Morgan fingerprint density at radius 2 is 2.08 bits per heavy atom. The summed E-state index contributed by atoms with van der Waals surface area (Å²) in [6, 6.07) is 13.4. The number of hydrogen-bond donors (Lipinski definition) is 0. The Kier molecular flexibility index (Phi) is 3.72. The molecule has 0 aliphatic carbocycles. The molecule has 0 saturated heterocycles. The van der Waals surface area contributed by atoms with Crippen LogP contribution >= 0.6 is 27.3 Å². The molecule has 4 aromatic heterocycles. The fourth-order valence-corrected chi connectivity index (χ4v) is 3.78. The summed E-state index contributed by atoms with van der Waals surface area (Å²) in [7, 11) is 0. The number of thiophene rings is 1. The molecule has 0 unspecified atom stereocenters. The van der Waals surface area contributed by atoms with Crippen LogP contribution in [0.2, 0.25) is 0 Å². The summed E-state index contributed by atoms with van der Waals surface area (Å²) < 4.78 is 14.2. The Hall–Kier alpha value is -2.71. The van der Waals surface area contributed by atoms with E-state index in [1.54, 1.807) is 22.2 Å². The lowest BCUT2D eigenvalue weighted by Crippen LogP contribution is -1.94. The third kappa shape index (κ3) is 2.67. The topological polar surface area (TPSA) is 65.5 Å². The third-order valence-electron chi connectivity index (χ3n) is 3.89. The summed E-state index contributed by atoms with van der Waals surface area (Å²) in [5.74, 6) is 2.59. The first kappa shape index (κ1) is 15.5. The minimum absolute atomic E-state index is 0.326. The summed E-state index contributed by atoms with van der Waals surface area (Å²) in [6.07, 6.45) is 1.67. The average molecular weight is 427 g/mol. The Balaban J connectivity index is 1.43. The van der Waals surface area contributed by atoms with Crippen LogP contribution in [0.15, 0.2) is 63.1 Å². The highest BCUT2D eigenvalue weighted by Gasteiger charge is 2.14. The zero-order valence-electron chi connectivity index (χ0n) is 13.3. The van der Waals surface area contributed by atoms with Crippen LogP contribution in [0.5, 0.6) is 5.75 Å². The lowest BCUT2D eigenvalue weighted by atomic mass is 10.3. The molecular weight excluding hydrogens is 416 g/mol. The molecule has 26 heavy (non-hydrogen) atoms. The summed E-state index contributed by atoms with van der Waals surface area (Å²) in [5, 5.41) is 7.45. The monoisotopic (exact) mass is 426 g/mol. The Bertz CT molecular complexity index is 1230. The molecule has 0 spiro atoms. The number of furan rings is 1. The van der Waals surface area contributed by atoms with E-state index in [-0.39, 0.29) is 0 Å². The van der Waals surface area contributed by atoms with Gasteiger partial charge >= 0.3 is 0 Å². The van der Waals surface area contributed by atoms with Crippen molar-refractivity contribution in [1.29, 1.82) is 0 Å². The van der Waals surface area contributed by atoms with Crippen LogP contribution in [0.1, 0.15) is 5.76 Å². The molecule has 0 aliphatic rings. The van der Waals surface area contributed by atoms with E-state index in [9.17, 15) is 0 Å². The minimum atomic E-state index is 0.326. The third-order valence-corrected chi connectivity index (χ3v) is 5.37. The van der Waals surface area contributed by atoms with E-state index < -0.39 is 0 Å². The van der Waals surface area contributed by atoms with Gasteiger partial charge in [0.25, 0.3) is 0 Å². The zero-order chi connectivity index (χ0) is 17.5. The number of para-hydroxylation sites is 1. The second kappa shape index (κ2) is 6.22. The highest BCUT2D eigenvalue weighted by atomic mass is 79.9. The van der Waals surface area contributed by atoms with Crippen molar-refractivity contribution in [2.24, 2.45) is 0 Å². The highest BCUT2D eigenvalue weighted by molar-refractivity contribution is 9.10. The molecule has 4 heterocycles. The maximum absolute atomic E-state index is 5.86. The van der Waals surface area contributed by atoms with Crippen molar-refractivity contribution in [3.63, 3.8) is 0 Å². The van der Waals surface area contributed by atoms with E-state index in [2.05, 4.69) is 31.0 Å². The molecule has 128 valence electrons. The fraction of sp³-hybridized carbons (Fsp3) is 0.0556. The van der Waals surface area contributed by atoms with Crippen LogP contribution < -0.4 is 4.74 Å².